The second kappa shape index (κ2) is 4.52. The van der Waals surface area contributed by atoms with Crippen LogP contribution in [-0.2, 0) is 10.3 Å². The molecule has 2 fully saturated rings. The number of amides is 1. The lowest BCUT2D eigenvalue weighted by Gasteiger charge is -2.39. The molecular formula is C16H21FN2O2. The lowest BCUT2D eigenvalue weighted by atomic mass is 9.85. The van der Waals surface area contributed by atoms with Crippen molar-refractivity contribution in [2.45, 2.75) is 56.3 Å². The fourth-order valence-corrected chi connectivity index (χ4v) is 3.95. The molecule has 1 aromatic carbocycles. The molecule has 4 nitrogen and oxygen atoms in total. The smallest absolute Gasteiger partial charge is 0.240 e. The first-order chi connectivity index (χ1) is 9.75. The summed E-state index contributed by atoms with van der Waals surface area (Å²) in [5, 5.41) is 10.4. The third-order valence-electron chi connectivity index (χ3n) is 4.91. The van der Waals surface area contributed by atoms with Crippen LogP contribution in [0, 0.1) is 5.82 Å². The molecule has 5 heteroatoms. The number of fused-ring (bicyclic) bond motifs is 1. The van der Waals surface area contributed by atoms with E-state index in [9.17, 15) is 14.3 Å². The summed E-state index contributed by atoms with van der Waals surface area (Å²) in [6, 6.07) is 5.45. The molecule has 2 aliphatic heterocycles. The fourth-order valence-electron chi connectivity index (χ4n) is 3.95. The summed E-state index contributed by atoms with van der Waals surface area (Å²) in [5.41, 5.74) is 5.39. The second-order valence-electron chi connectivity index (χ2n) is 6.77. The summed E-state index contributed by atoms with van der Waals surface area (Å²) < 4.78 is 13.2. The Morgan fingerprint density at radius 2 is 2.00 bits per heavy atom. The van der Waals surface area contributed by atoms with Crippen molar-refractivity contribution in [3.63, 3.8) is 0 Å². The van der Waals surface area contributed by atoms with Gasteiger partial charge in [-0.05, 0) is 50.8 Å². The van der Waals surface area contributed by atoms with Gasteiger partial charge in [-0.25, -0.2) is 4.39 Å². The van der Waals surface area contributed by atoms with E-state index in [0.29, 0.717) is 6.42 Å². The molecule has 0 saturated carbocycles. The van der Waals surface area contributed by atoms with Gasteiger partial charge in [0.25, 0.3) is 0 Å². The summed E-state index contributed by atoms with van der Waals surface area (Å²) in [7, 11) is 0. The number of hydrogen-bond donors (Lipinski definition) is 2. The number of benzene rings is 1. The molecule has 2 aliphatic rings. The predicted octanol–water partition coefficient (Wildman–Crippen LogP) is 1.51. The Morgan fingerprint density at radius 1 is 1.38 bits per heavy atom. The van der Waals surface area contributed by atoms with E-state index in [0.717, 1.165) is 18.4 Å². The van der Waals surface area contributed by atoms with Gasteiger partial charge in [0.15, 0.2) is 0 Å². The van der Waals surface area contributed by atoms with E-state index >= 15 is 0 Å². The van der Waals surface area contributed by atoms with Gasteiger partial charge in [0, 0.05) is 0 Å². The maximum Gasteiger partial charge on any atom is 0.240 e. The van der Waals surface area contributed by atoms with Crippen LogP contribution in [0.4, 0.5) is 4.39 Å². The lowest BCUT2D eigenvalue weighted by Crippen LogP contribution is -2.52. The van der Waals surface area contributed by atoms with Gasteiger partial charge in [-0.2, -0.15) is 0 Å². The SMILES string of the molecule is CC(C)(O)[C@H]1CC[C@]2(c3ccc(F)cc3)C[C@H](N)C(=O)N12. The monoisotopic (exact) mass is 292 g/mol. The Balaban J connectivity index is 2.08. The van der Waals surface area contributed by atoms with Crippen molar-refractivity contribution < 1.29 is 14.3 Å². The molecule has 0 spiro atoms. The zero-order valence-electron chi connectivity index (χ0n) is 12.3. The normalized spacial score (nSPS) is 32.6. The minimum absolute atomic E-state index is 0.121. The largest absolute Gasteiger partial charge is 0.388 e. The predicted molar refractivity (Wildman–Crippen MR) is 76.8 cm³/mol. The standard InChI is InChI=1S/C16H21FN2O2/c1-15(2,21)13-7-8-16(9-12(18)14(20)19(13)16)10-3-5-11(17)6-4-10/h3-6,12-13,21H,7-9,18H2,1-2H3/t12-,13+,16+/m0/s1. The van der Waals surface area contributed by atoms with Crippen molar-refractivity contribution in [3.8, 4) is 0 Å². The molecule has 0 bridgehead atoms. The van der Waals surface area contributed by atoms with Crippen LogP contribution < -0.4 is 5.73 Å². The van der Waals surface area contributed by atoms with Gasteiger partial charge in [0.1, 0.15) is 5.82 Å². The summed E-state index contributed by atoms with van der Waals surface area (Å²) in [5.74, 6) is -0.420. The highest BCUT2D eigenvalue weighted by molar-refractivity contribution is 5.86. The summed E-state index contributed by atoms with van der Waals surface area (Å²) >= 11 is 0. The van der Waals surface area contributed by atoms with Crippen LogP contribution in [-0.4, -0.2) is 33.6 Å². The highest BCUT2D eigenvalue weighted by Crippen LogP contribution is 2.51. The Labute approximate surface area is 123 Å². The molecule has 114 valence electrons. The number of nitrogens with two attached hydrogens (primary N) is 1. The summed E-state index contributed by atoms with van der Waals surface area (Å²) in [4.78, 5) is 14.3. The maximum absolute atomic E-state index is 13.2. The Morgan fingerprint density at radius 3 is 2.57 bits per heavy atom. The molecular weight excluding hydrogens is 271 g/mol. The number of nitrogens with zero attached hydrogens (tertiary/aromatic N) is 1. The van der Waals surface area contributed by atoms with Crippen molar-refractivity contribution in [1.29, 1.82) is 0 Å². The van der Waals surface area contributed by atoms with Crippen LogP contribution in [0.3, 0.4) is 0 Å². The topological polar surface area (TPSA) is 66.6 Å². The quantitative estimate of drug-likeness (QED) is 0.868. The molecule has 2 saturated heterocycles. The van der Waals surface area contributed by atoms with Crippen LogP contribution >= 0.6 is 0 Å². The van der Waals surface area contributed by atoms with Crippen molar-refractivity contribution in [2.75, 3.05) is 0 Å². The van der Waals surface area contributed by atoms with Gasteiger partial charge >= 0.3 is 0 Å². The minimum atomic E-state index is -0.985. The lowest BCUT2D eigenvalue weighted by molar-refractivity contribution is -0.138. The molecule has 0 unspecified atom stereocenters. The Bertz CT molecular complexity index is 567. The summed E-state index contributed by atoms with van der Waals surface area (Å²) in [6.07, 6.45) is 1.98. The third kappa shape index (κ3) is 2.07. The van der Waals surface area contributed by atoms with E-state index in [1.807, 2.05) is 0 Å². The van der Waals surface area contributed by atoms with E-state index < -0.39 is 17.2 Å². The number of halogens is 1. The maximum atomic E-state index is 13.2. The van der Waals surface area contributed by atoms with Crippen LogP contribution in [0.2, 0.25) is 0 Å². The zero-order valence-corrected chi connectivity index (χ0v) is 12.3. The van der Waals surface area contributed by atoms with E-state index in [-0.39, 0.29) is 17.8 Å². The van der Waals surface area contributed by atoms with Crippen molar-refractivity contribution >= 4 is 5.91 Å². The number of rotatable bonds is 2. The number of aliphatic hydroxyl groups is 1. The minimum Gasteiger partial charge on any atom is -0.388 e. The number of carbonyl (C=O) groups is 1. The molecule has 0 aromatic heterocycles. The van der Waals surface area contributed by atoms with E-state index in [1.165, 1.54) is 12.1 Å². The summed E-state index contributed by atoms with van der Waals surface area (Å²) in [6.45, 7) is 3.44. The third-order valence-corrected chi connectivity index (χ3v) is 4.91. The van der Waals surface area contributed by atoms with Crippen molar-refractivity contribution in [3.05, 3.63) is 35.6 Å². The van der Waals surface area contributed by atoms with E-state index in [1.54, 1.807) is 30.9 Å². The molecule has 1 amide bonds. The van der Waals surface area contributed by atoms with Crippen LogP contribution in [0.25, 0.3) is 0 Å². The molecule has 3 atom stereocenters. The molecule has 0 radical (unpaired) electrons. The van der Waals surface area contributed by atoms with E-state index in [4.69, 9.17) is 5.73 Å². The van der Waals surface area contributed by atoms with Gasteiger partial charge in [-0.3, -0.25) is 4.79 Å². The Hall–Kier alpha value is -1.46. The first kappa shape index (κ1) is 14.5. The van der Waals surface area contributed by atoms with Crippen LogP contribution in [0.15, 0.2) is 24.3 Å². The van der Waals surface area contributed by atoms with Crippen LogP contribution in [0.5, 0.6) is 0 Å². The van der Waals surface area contributed by atoms with Gasteiger partial charge < -0.3 is 15.7 Å². The van der Waals surface area contributed by atoms with Gasteiger partial charge in [-0.1, -0.05) is 12.1 Å². The molecule has 2 heterocycles. The van der Waals surface area contributed by atoms with Gasteiger partial charge in [0.05, 0.1) is 23.2 Å². The van der Waals surface area contributed by atoms with Crippen molar-refractivity contribution in [2.24, 2.45) is 5.73 Å². The highest BCUT2D eigenvalue weighted by atomic mass is 19.1. The van der Waals surface area contributed by atoms with Crippen LogP contribution in [0.1, 0.15) is 38.7 Å². The first-order valence-electron chi connectivity index (χ1n) is 7.33. The number of carbonyl (C=O) groups excluding carboxylic acids is 1. The van der Waals surface area contributed by atoms with Crippen molar-refractivity contribution in [1.82, 2.24) is 4.90 Å². The fraction of sp³-hybridized carbons (Fsp3) is 0.562. The molecule has 0 aliphatic carbocycles. The molecule has 3 N–H and O–H groups in total. The van der Waals surface area contributed by atoms with Gasteiger partial charge in [-0.15, -0.1) is 0 Å². The Kier molecular flexibility index (Phi) is 3.11. The second-order valence-corrected chi connectivity index (χ2v) is 6.77. The van der Waals surface area contributed by atoms with Gasteiger partial charge in [0.2, 0.25) is 5.91 Å². The average molecular weight is 292 g/mol. The first-order valence-corrected chi connectivity index (χ1v) is 7.33. The molecule has 3 rings (SSSR count). The van der Waals surface area contributed by atoms with E-state index in [2.05, 4.69) is 0 Å². The molecule has 1 aromatic rings. The number of hydrogen-bond acceptors (Lipinski definition) is 3. The molecule has 21 heavy (non-hydrogen) atoms. The zero-order chi connectivity index (χ0) is 15.4. The average Bonchev–Trinajstić information content (AvgIpc) is 2.88. The highest BCUT2D eigenvalue weighted by Gasteiger charge is 2.59.